The zero-order chi connectivity index (χ0) is 11.5. The fraction of sp³-hybridized carbons (Fsp3) is 0.923. The first-order valence-electron chi connectivity index (χ1n) is 6.31. The van der Waals surface area contributed by atoms with Gasteiger partial charge >= 0.3 is 6.04 Å². The summed E-state index contributed by atoms with van der Waals surface area (Å²) in [5.41, 5.74) is 0. The fourth-order valence-corrected chi connectivity index (χ4v) is 1.70. The van der Waals surface area contributed by atoms with Gasteiger partial charge in [0.2, 0.25) is 0 Å². The molecule has 0 heterocycles. The normalized spacial score (nSPS) is 10.9. The Hall–Kier alpha value is -0.400. The maximum atomic E-state index is 11.8. The predicted octanol–water partition coefficient (Wildman–Crippen LogP) is 4.65. The van der Waals surface area contributed by atoms with E-state index in [2.05, 4.69) is 13.8 Å². The number of rotatable bonds is 10. The van der Waals surface area contributed by atoms with Gasteiger partial charge in [-0.3, -0.25) is 4.79 Å². The maximum Gasteiger partial charge on any atom is 0.301 e. The highest BCUT2D eigenvalue weighted by molar-refractivity contribution is 5.67. The molecule has 0 aliphatic rings. The number of carbonyl (C=O) groups excluding carboxylic acids is 1. The van der Waals surface area contributed by atoms with Crippen LogP contribution in [0.1, 0.15) is 71.6 Å². The summed E-state index contributed by atoms with van der Waals surface area (Å²) < 4.78 is 11.8. The van der Waals surface area contributed by atoms with E-state index in [1.54, 1.807) is 0 Å². The molecule has 0 aromatic carbocycles. The van der Waals surface area contributed by atoms with Gasteiger partial charge in [0, 0.05) is 6.42 Å². The minimum Gasteiger partial charge on any atom is -0.261 e. The lowest BCUT2D eigenvalue weighted by Gasteiger charge is -2.04. The Labute approximate surface area is 93.4 Å². The first-order chi connectivity index (χ1) is 7.13. The molecule has 0 rings (SSSR count). The number of carbonyl (C=O) groups is 1. The van der Waals surface area contributed by atoms with Crippen molar-refractivity contribution >= 4 is 6.04 Å². The molecule has 1 nitrogen and oxygen atoms in total. The van der Waals surface area contributed by atoms with Crippen molar-refractivity contribution in [2.75, 3.05) is 0 Å². The third-order valence-electron chi connectivity index (χ3n) is 2.65. The van der Waals surface area contributed by atoms with Crippen molar-refractivity contribution < 1.29 is 9.18 Å². The molecular formula is C13H25FO. The van der Waals surface area contributed by atoms with E-state index in [1.165, 1.54) is 32.1 Å². The Morgan fingerprint density at radius 1 is 0.933 bits per heavy atom. The van der Waals surface area contributed by atoms with Gasteiger partial charge in [0.1, 0.15) is 0 Å². The molecule has 0 saturated carbocycles. The van der Waals surface area contributed by atoms with E-state index >= 15 is 0 Å². The van der Waals surface area contributed by atoms with Crippen LogP contribution in [0, 0.1) is 5.92 Å². The second-order valence-electron chi connectivity index (χ2n) is 4.76. The van der Waals surface area contributed by atoms with Crippen LogP contribution < -0.4 is 0 Å². The maximum absolute atomic E-state index is 11.8. The van der Waals surface area contributed by atoms with Gasteiger partial charge in [-0.25, -0.2) is 0 Å². The zero-order valence-corrected chi connectivity index (χ0v) is 10.2. The van der Waals surface area contributed by atoms with E-state index < -0.39 is 6.04 Å². The first-order valence-corrected chi connectivity index (χ1v) is 6.31. The lowest BCUT2D eigenvalue weighted by molar-refractivity contribution is -0.129. The Balaban J connectivity index is 2.96. The summed E-state index contributed by atoms with van der Waals surface area (Å²) in [5.74, 6) is 0.820. The van der Waals surface area contributed by atoms with Gasteiger partial charge in [0.25, 0.3) is 0 Å². The van der Waals surface area contributed by atoms with Gasteiger partial charge in [-0.05, 0) is 12.3 Å². The van der Waals surface area contributed by atoms with Crippen molar-refractivity contribution in [3.8, 4) is 0 Å². The van der Waals surface area contributed by atoms with Crippen LogP contribution in [-0.2, 0) is 4.79 Å². The van der Waals surface area contributed by atoms with Gasteiger partial charge in [-0.15, -0.1) is 0 Å². The largest absolute Gasteiger partial charge is 0.301 e. The van der Waals surface area contributed by atoms with Crippen LogP contribution in [0.3, 0.4) is 0 Å². The fourth-order valence-electron chi connectivity index (χ4n) is 1.70. The van der Waals surface area contributed by atoms with Gasteiger partial charge in [0.15, 0.2) is 0 Å². The minimum atomic E-state index is -1.16. The van der Waals surface area contributed by atoms with Gasteiger partial charge in [-0.2, -0.15) is 4.39 Å². The quantitative estimate of drug-likeness (QED) is 0.384. The lowest BCUT2D eigenvalue weighted by Crippen LogP contribution is -1.89. The lowest BCUT2D eigenvalue weighted by atomic mass is 10.0. The molecule has 90 valence electrons. The molecule has 0 aromatic heterocycles. The van der Waals surface area contributed by atoms with Crippen molar-refractivity contribution in [3.05, 3.63) is 0 Å². The molecule has 0 spiro atoms. The van der Waals surface area contributed by atoms with Crippen LogP contribution in [-0.4, -0.2) is 6.04 Å². The second-order valence-corrected chi connectivity index (χ2v) is 4.76. The van der Waals surface area contributed by atoms with E-state index in [4.69, 9.17) is 0 Å². The topological polar surface area (TPSA) is 17.1 Å². The number of hydrogen-bond acceptors (Lipinski definition) is 1. The molecule has 0 aromatic rings. The van der Waals surface area contributed by atoms with E-state index in [0.29, 0.717) is 0 Å². The SMILES string of the molecule is CC(C)CCCCCCCCCC(=O)F. The Kier molecular flexibility index (Phi) is 9.86. The van der Waals surface area contributed by atoms with Crippen LogP contribution in [0.25, 0.3) is 0 Å². The van der Waals surface area contributed by atoms with Gasteiger partial charge in [-0.1, -0.05) is 58.8 Å². The van der Waals surface area contributed by atoms with Crippen molar-refractivity contribution in [3.63, 3.8) is 0 Å². The molecule has 2 heteroatoms. The van der Waals surface area contributed by atoms with Crippen LogP contribution in [0.2, 0.25) is 0 Å². The monoisotopic (exact) mass is 216 g/mol. The van der Waals surface area contributed by atoms with Crippen LogP contribution >= 0.6 is 0 Å². The Morgan fingerprint density at radius 2 is 1.40 bits per heavy atom. The van der Waals surface area contributed by atoms with Crippen molar-refractivity contribution in [2.45, 2.75) is 71.6 Å². The highest BCUT2D eigenvalue weighted by atomic mass is 19.1. The predicted molar refractivity (Wildman–Crippen MR) is 62.5 cm³/mol. The summed E-state index contributed by atoms with van der Waals surface area (Å²) in [7, 11) is 0. The summed E-state index contributed by atoms with van der Waals surface area (Å²) >= 11 is 0. The van der Waals surface area contributed by atoms with Crippen molar-refractivity contribution in [1.29, 1.82) is 0 Å². The van der Waals surface area contributed by atoms with Crippen molar-refractivity contribution in [2.24, 2.45) is 5.92 Å². The molecule has 0 aliphatic carbocycles. The molecule has 0 bridgehead atoms. The summed E-state index contributed by atoms with van der Waals surface area (Å²) in [6.07, 6.45) is 9.50. The molecule has 0 aliphatic heterocycles. The van der Waals surface area contributed by atoms with E-state index in [9.17, 15) is 9.18 Å². The number of hydrogen-bond donors (Lipinski definition) is 0. The summed E-state index contributed by atoms with van der Waals surface area (Å²) in [6.45, 7) is 4.52. The van der Waals surface area contributed by atoms with E-state index in [0.717, 1.165) is 25.2 Å². The molecule has 0 amide bonds. The summed E-state index contributed by atoms with van der Waals surface area (Å²) in [5, 5.41) is 0. The van der Waals surface area contributed by atoms with Crippen LogP contribution in [0.4, 0.5) is 4.39 Å². The standard InChI is InChI=1S/C13H25FO/c1-12(2)10-8-6-4-3-5-7-9-11-13(14)15/h12H,3-11H2,1-2H3. The smallest absolute Gasteiger partial charge is 0.261 e. The molecular weight excluding hydrogens is 191 g/mol. The summed E-state index contributed by atoms with van der Waals surface area (Å²) in [4.78, 5) is 10.0. The molecule has 0 atom stereocenters. The Morgan fingerprint density at radius 3 is 1.87 bits per heavy atom. The third-order valence-corrected chi connectivity index (χ3v) is 2.65. The average molecular weight is 216 g/mol. The molecule has 0 unspecified atom stereocenters. The highest BCUT2D eigenvalue weighted by Gasteiger charge is 1.98. The summed E-state index contributed by atoms with van der Waals surface area (Å²) in [6, 6.07) is -1.16. The number of halogens is 1. The first kappa shape index (κ1) is 14.6. The Bertz CT molecular complexity index is 155. The van der Waals surface area contributed by atoms with E-state index in [-0.39, 0.29) is 6.42 Å². The molecule has 0 N–H and O–H groups in total. The molecule has 0 saturated heterocycles. The highest BCUT2D eigenvalue weighted by Crippen LogP contribution is 2.12. The minimum absolute atomic E-state index is 0.118. The van der Waals surface area contributed by atoms with Gasteiger partial charge in [0.05, 0.1) is 0 Å². The molecule has 15 heavy (non-hydrogen) atoms. The second kappa shape index (κ2) is 10.1. The zero-order valence-electron chi connectivity index (χ0n) is 10.2. The third kappa shape index (κ3) is 13.6. The van der Waals surface area contributed by atoms with Gasteiger partial charge < -0.3 is 0 Å². The molecule has 0 fully saturated rings. The molecule has 0 radical (unpaired) electrons. The van der Waals surface area contributed by atoms with E-state index in [1.807, 2.05) is 0 Å². The van der Waals surface area contributed by atoms with Crippen LogP contribution in [0.5, 0.6) is 0 Å². The number of unbranched alkanes of at least 4 members (excludes halogenated alkanes) is 6. The van der Waals surface area contributed by atoms with Crippen molar-refractivity contribution in [1.82, 2.24) is 0 Å². The van der Waals surface area contributed by atoms with Crippen LogP contribution in [0.15, 0.2) is 0 Å². The average Bonchev–Trinajstić information content (AvgIpc) is 2.14.